The molecule has 0 unspecified atom stereocenters. The van der Waals surface area contributed by atoms with Crippen molar-refractivity contribution in [3.8, 4) is 22.3 Å². The summed E-state index contributed by atoms with van der Waals surface area (Å²) < 4.78 is 0. The molecular formula is C22H17N3. The van der Waals surface area contributed by atoms with Gasteiger partial charge in [-0.25, -0.2) is 9.97 Å². The lowest BCUT2D eigenvalue weighted by atomic mass is 9.81. The number of hydrogen-bond donors (Lipinski definition) is 0. The van der Waals surface area contributed by atoms with Crippen LogP contribution in [-0.2, 0) is 5.41 Å². The van der Waals surface area contributed by atoms with E-state index in [0.29, 0.717) is 0 Å². The fourth-order valence-corrected chi connectivity index (χ4v) is 3.93. The smallest absolute Gasteiger partial charge is 0.115 e. The normalized spacial score (nSPS) is 14.3. The standard InChI is InChI=1S/C22H17N3/c1-22(2)19-9-14(16-11-23-13-24-12-16)5-6-17(19)18-8-15-4-3-7-25-21(15)10-20(18)22/h3-13H,1-2H3. The molecule has 0 N–H and O–H groups in total. The molecule has 0 aliphatic heterocycles. The topological polar surface area (TPSA) is 38.7 Å². The van der Waals surface area contributed by atoms with Crippen LogP contribution in [-0.4, -0.2) is 15.0 Å². The molecule has 5 rings (SSSR count). The van der Waals surface area contributed by atoms with E-state index in [9.17, 15) is 0 Å². The van der Waals surface area contributed by atoms with E-state index in [-0.39, 0.29) is 5.41 Å². The molecule has 0 atom stereocenters. The van der Waals surface area contributed by atoms with Gasteiger partial charge in [-0.05, 0) is 52.1 Å². The Morgan fingerprint density at radius 2 is 1.60 bits per heavy atom. The highest BCUT2D eigenvalue weighted by Gasteiger charge is 2.36. The quantitative estimate of drug-likeness (QED) is 0.495. The minimum atomic E-state index is -0.0535. The number of hydrogen-bond acceptors (Lipinski definition) is 3. The Labute approximate surface area is 146 Å². The summed E-state index contributed by atoms with van der Waals surface area (Å²) in [5.74, 6) is 0. The van der Waals surface area contributed by atoms with Gasteiger partial charge in [-0.15, -0.1) is 0 Å². The number of pyridine rings is 1. The highest BCUT2D eigenvalue weighted by molar-refractivity contribution is 5.92. The summed E-state index contributed by atoms with van der Waals surface area (Å²) in [6, 6.07) is 15.3. The van der Waals surface area contributed by atoms with Crippen molar-refractivity contribution < 1.29 is 0 Å². The molecule has 0 spiro atoms. The summed E-state index contributed by atoms with van der Waals surface area (Å²) in [5.41, 5.74) is 8.52. The van der Waals surface area contributed by atoms with E-state index >= 15 is 0 Å². The molecular weight excluding hydrogens is 306 g/mol. The molecule has 1 aliphatic carbocycles. The number of benzene rings is 2. The van der Waals surface area contributed by atoms with Gasteiger partial charge in [0.1, 0.15) is 6.33 Å². The van der Waals surface area contributed by atoms with Crippen LogP contribution in [0.1, 0.15) is 25.0 Å². The monoisotopic (exact) mass is 323 g/mol. The minimum Gasteiger partial charge on any atom is -0.256 e. The molecule has 3 heteroatoms. The van der Waals surface area contributed by atoms with Crippen molar-refractivity contribution in [1.82, 2.24) is 15.0 Å². The second kappa shape index (κ2) is 4.96. The van der Waals surface area contributed by atoms with Crippen LogP contribution in [0.25, 0.3) is 33.2 Å². The molecule has 0 saturated heterocycles. The predicted molar refractivity (Wildman–Crippen MR) is 100 cm³/mol. The van der Waals surface area contributed by atoms with Crippen molar-refractivity contribution in [3.63, 3.8) is 0 Å². The van der Waals surface area contributed by atoms with E-state index in [1.54, 1.807) is 6.33 Å². The van der Waals surface area contributed by atoms with Gasteiger partial charge in [0.05, 0.1) is 5.52 Å². The second-order valence-electron chi connectivity index (χ2n) is 7.11. The largest absolute Gasteiger partial charge is 0.256 e. The average Bonchev–Trinajstić information content (AvgIpc) is 2.88. The highest BCUT2D eigenvalue weighted by Crippen LogP contribution is 2.50. The van der Waals surface area contributed by atoms with Crippen LogP contribution in [0.2, 0.25) is 0 Å². The van der Waals surface area contributed by atoms with Crippen molar-refractivity contribution in [2.45, 2.75) is 19.3 Å². The Morgan fingerprint density at radius 3 is 2.44 bits per heavy atom. The Hall–Kier alpha value is -3.07. The maximum atomic E-state index is 4.54. The maximum Gasteiger partial charge on any atom is 0.115 e. The van der Waals surface area contributed by atoms with Crippen LogP contribution >= 0.6 is 0 Å². The molecule has 120 valence electrons. The third kappa shape index (κ3) is 2.02. The van der Waals surface area contributed by atoms with Gasteiger partial charge in [0.25, 0.3) is 0 Å². The molecule has 25 heavy (non-hydrogen) atoms. The van der Waals surface area contributed by atoms with E-state index in [1.807, 2.05) is 24.7 Å². The summed E-state index contributed by atoms with van der Waals surface area (Å²) in [4.78, 5) is 12.8. The van der Waals surface area contributed by atoms with Gasteiger partial charge >= 0.3 is 0 Å². The number of nitrogens with zero attached hydrogens (tertiary/aromatic N) is 3. The Morgan fingerprint density at radius 1 is 0.800 bits per heavy atom. The van der Waals surface area contributed by atoms with Crippen molar-refractivity contribution in [3.05, 3.63) is 78.5 Å². The minimum absolute atomic E-state index is 0.0535. The van der Waals surface area contributed by atoms with Crippen molar-refractivity contribution in [2.75, 3.05) is 0 Å². The van der Waals surface area contributed by atoms with E-state index in [4.69, 9.17) is 0 Å². The molecule has 2 aromatic heterocycles. The summed E-state index contributed by atoms with van der Waals surface area (Å²) in [7, 11) is 0. The summed E-state index contributed by atoms with van der Waals surface area (Å²) in [6.45, 7) is 4.58. The third-order valence-electron chi connectivity index (χ3n) is 5.29. The Bertz CT molecular complexity index is 1110. The van der Waals surface area contributed by atoms with E-state index in [1.165, 1.54) is 27.6 Å². The molecule has 2 heterocycles. The fourth-order valence-electron chi connectivity index (χ4n) is 3.93. The second-order valence-corrected chi connectivity index (χ2v) is 7.11. The fraction of sp³-hybridized carbons (Fsp3) is 0.136. The van der Waals surface area contributed by atoms with Crippen LogP contribution in [0.15, 0.2) is 67.4 Å². The molecule has 0 amide bonds. The first kappa shape index (κ1) is 14.3. The molecule has 3 nitrogen and oxygen atoms in total. The van der Waals surface area contributed by atoms with Crippen LogP contribution in [0.3, 0.4) is 0 Å². The zero-order valence-electron chi connectivity index (χ0n) is 14.2. The van der Waals surface area contributed by atoms with Crippen LogP contribution < -0.4 is 0 Å². The van der Waals surface area contributed by atoms with Gasteiger partial charge in [-0.3, -0.25) is 4.98 Å². The first-order valence-electron chi connectivity index (χ1n) is 8.44. The SMILES string of the molecule is CC1(C)c2cc(-c3cncnc3)ccc2-c2cc3cccnc3cc21. The lowest BCUT2D eigenvalue weighted by Crippen LogP contribution is -2.15. The third-order valence-corrected chi connectivity index (χ3v) is 5.29. The van der Waals surface area contributed by atoms with Gasteiger partial charge in [-0.1, -0.05) is 32.0 Å². The van der Waals surface area contributed by atoms with Crippen molar-refractivity contribution >= 4 is 10.9 Å². The first-order chi connectivity index (χ1) is 12.1. The summed E-state index contributed by atoms with van der Waals surface area (Å²) in [5, 5.41) is 1.19. The number of fused-ring (bicyclic) bond motifs is 4. The summed E-state index contributed by atoms with van der Waals surface area (Å²) in [6.07, 6.45) is 7.15. The number of rotatable bonds is 1. The molecule has 0 bridgehead atoms. The van der Waals surface area contributed by atoms with Crippen LogP contribution in [0, 0.1) is 0 Å². The van der Waals surface area contributed by atoms with Crippen LogP contribution in [0.5, 0.6) is 0 Å². The van der Waals surface area contributed by atoms with Gasteiger partial charge < -0.3 is 0 Å². The van der Waals surface area contributed by atoms with Gasteiger partial charge in [0, 0.05) is 35.0 Å². The summed E-state index contributed by atoms with van der Waals surface area (Å²) >= 11 is 0. The van der Waals surface area contributed by atoms with Crippen molar-refractivity contribution in [2.24, 2.45) is 0 Å². The molecule has 0 saturated carbocycles. The zero-order valence-corrected chi connectivity index (χ0v) is 14.2. The van der Waals surface area contributed by atoms with E-state index in [2.05, 4.69) is 65.2 Å². The van der Waals surface area contributed by atoms with Gasteiger partial charge in [-0.2, -0.15) is 0 Å². The lowest BCUT2D eigenvalue weighted by molar-refractivity contribution is 0.661. The predicted octanol–water partition coefficient (Wildman–Crippen LogP) is 5.00. The van der Waals surface area contributed by atoms with E-state index < -0.39 is 0 Å². The molecule has 2 aromatic carbocycles. The van der Waals surface area contributed by atoms with Gasteiger partial charge in [0.15, 0.2) is 0 Å². The zero-order chi connectivity index (χ0) is 17.0. The molecule has 4 aromatic rings. The van der Waals surface area contributed by atoms with E-state index in [0.717, 1.165) is 16.6 Å². The highest BCUT2D eigenvalue weighted by atomic mass is 14.8. The maximum absolute atomic E-state index is 4.54. The molecule has 0 fully saturated rings. The Kier molecular flexibility index (Phi) is 2.84. The van der Waals surface area contributed by atoms with Gasteiger partial charge in [0.2, 0.25) is 0 Å². The van der Waals surface area contributed by atoms with Crippen LogP contribution in [0.4, 0.5) is 0 Å². The molecule has 1 aliphatic rings. The lowest BCUT2D eigenvalue weighted by Gasteiger charge is -2.22. The number of aromatic nitrogens is 3. The Balaban J connectivity index is 1.76. The first-order valence-corrected chi connectivity index (χ1v) is 8.44. The molecule has 0 radical (unpaired) electrons. The van der Waals surface area contributed by atoms with Crippen molar-refractivity contribution in [1.29, 1.82) is 0 Å². The average molecular weight is 323 g/mol.